The lowest BCUT2D eigenvalue weighted by atomic mass is 10.3. The van der Waals surface area contributed by atoms with Gasteiger partial charge < -0.3 is 9.11 Å². The summed E-state index contributed by atoms with van der Waals surface area (Å²) in [7, 11) is -14.1. The van der Waals surface area contributed by atoms with Crippen LogP contribution in [-0.2, 0) is 41.0 Å². The van der Waals surface area contributed by atoms with Crippen molar-refractivity contribution in [2.24, 2.45) is 0 Å². The molecule has 21 heteroatoms. The third-order valence-corrected chi connectivity index (χ3v) is 6.23. The molecule has 1 aliphatic heterocycles. The Hall–Kier alpha value is -0.850. The van der Waals surface area contributed by atoms with Gasteiger partial charge in [0.25, 0.3) is 20.2 Å². The molecule has 1 aliphatic rings. The monoisotopic (exact) mass is 582 g/mol. The van der Waals surface area contributed by atoms with E-state index >= 15 is 0 Å². The molecule has 206 valence electrons. The first-order chi connectivity index (χ1) is 14.8. The molecule has 0 radical (unpaired) electrons. The second-order valence-electron chi connectivity index (χ2n) is 7.81. The van der Waals surface area contributed by atoms with Crippen molar-refractivity contribution < 1.29 is 74.7 Å². The Morgan fingerprint density at radius 1 is 0.647 bits per heavy atom. The van der Waals surface area contributed by atoms with Gasteiger partial charge in [0, 0.05) is 0 Å². The molecule has 1 heterocycles. The van der Waals surface area contributed by atoms with Gasteiger partial charge in [0.2, 0.25) is 20.8 Å². The number of unbranched alkanes of at least 4 members (excludes halogenated alkanes) is 2. The highest BCUT2D eigenvalue weighted by Crippen LogP contribution is 2.25. The Morgan fingerprint density at radius 2 is 0.882 bits per heavy atom. The molecule has 2 atom stereocenters. The predicted molar refractivity (Wildman–Crippen MR) is 113 cm³/mol. The van der Waals surface area contributed by atoms with Gasteiger partial charge in [-0.3, -0.25) is 18.2 Å². The Labute approximate surface area is 199 Å². The summed E-state index contributed by atoms with van der Waals surface area (Å²) >= 11 is 0. The second-order valence-corrected chi connectivity index (χ2v) is 12.7. The molecule has 0 aromatic heterocycles. The van der Waals surface area contributed by atoms with Crippen LogP contribution in [0.25, 0.3) is 0 Å². The highest BCUT2D eigenvalue weighted by Gasteiger charge is 2.54. The Morgan fingerprint density at radius 3 is 1.09 bits per heavy atom. The van der Waals surface area contributed by atoms with Crippen LogP contribution in [-0.4, -0.2) is 128 Å². The number of carbonyl (C=O) groups is 1. The van der Waals surface area contributed by atoms with Crippen molar-refractivity contribution in [2.45, 2.75) is 25.7 Å². The van der Waals surface area contributed by atoms with Gasteiger partial charge in [-0.25, -0.2) is 25.8 Å². The second kappa shape index (κ2) is 13.5. The molecule has 0 saturated carbocycles. The van der Waals surface area contributed by atoms with Crippen LogP contribution in [0.2, 0.25) is 0 Å². The molecule has 0 spiro atoms. The smallest absolute Gasteiger partial charge is 0.514 e. The fourth-order valence-corrected chi connectivity index (χ4v) is 4.26. The average molecular weight is 583 g/mol. The van der Waals surface area contributed by atoms with Gasteiger partial charge in [0.05, 0.1) is 38.7 Å². The summed E-state index contributed by atoms with van der Waals surface area (Å²) in [5, 5.41) is 0. The molecule has 1 saturated heterocycles. The van der Waals surface area contributed by atoms with E-state index in [1.165, 1.54) is 0 Å². The molecule has 0 aliphatic carbocycles. The Balaban J connectivity index is 0. The third kappa shape index (κ3) is 21.7. The van der Waals surface area contributed by atoms with Gasteiger partial charge in [0.15, 0.2) is 0 Å². The fraction of sp³-hybridized carbons (Fsp3) is 0.923. The van der Waals surface area contributed by atoms with Crippen molar-refractivity contribution in [1.29, 1.82) is 0 Å². The maximum atomic E-state index is 12.7. The maximum Gasteiger partial charge on any atom is 0.514 e. The summed E-state index contributed by atoms with van der Waals surface area (Å²) in [5.74, 6) is -0.605. The highest BCUT2D eigenvalue weighted by atomic mass is 32.3. The molecular formula is C13H30N2O15S4. The molecular weight excluding hydrogens is 552 g/mol. The number of hydrogen-bond acceptors (Lipinski definition) is 11. The molecule has 2 amide bonds. The fourth-order valence-electron chi connectivity index (χ4n) is 3.12. The minimum atomic E-state index is -4.92. The first kappa shape index (κ1) is 35.3. The zero-order valence-corrected chi connectivity index (χ0v) is 21.6. The van der Waals surface area contributed by atoms with Crippen LogP contribution in [0.3, 0.4) is 0 Å². The van der Waals surface area contributed by atoms with E-state index in [4.69, 9.17) is 44.2 Å². The minimum Gasteiger partial charge on any atom is -0.726 e. The number of quaternary nitrogens is 2. The molecule has 17 nitrogen and oxygen atoms in total. The van der Waals surface area contributed by atoms with E-state index in [1.54, 1.807) is 0 Å². The van der Waals surface area contributed by atoms with Crippen LogP contribution in [0.1, 0.15) is 25.7 Å². The molecule has 4 N–H and O–H groups in total. The van der Waals surface area contributed by atoms with Gasteiger partial charge >= 0.3 is 6.03 Å². The van der Waals surface area contributed by atoms with E-state index in [2.05, 4.69) is 0 Å². The van der Waals surface area contributed by atoms with Crippen LogP contribution >= 0.6 is 0 Å². The average Bonchev–Trinajstić information content (AvgIpc) is 2.77. The summed E-state index contributed by atoms with van der Waals surface area (Å²) in [4.78, 5) is 12.7. The number of nitrogens with zero attached hydrogens (tertiary/aromatic N) is 2. The van der Waals surface area contributed by atoms with E-state index in [0.29, 0.717) is 51.9 Å². The van der Waals surface area contributed by atoms with Crippen molar-refractivity contribution in [2.75, 3.05) is 51.8 Å². The summed E-state index contributed by atoms with van der Waals surface area (Å²) < 4.78 is 126. The summed E-state index contributed by atoms with van der Waals surface area (Å²) in [6.45, 7) is 2.29. The van der Waals surface area contributed by atoms with Gasteiger partial charge in [0.1, 0.15) is 13.1 Å². The van der Waals surface area contributed by atoms with Crippen molar-refractivity contribution in [3.8, 4) is 0 Å². The summed E-state index contributed by atoms with van der Waals surface area (Å²) in [6.07, 6.45) is 1.64. The van der Waals surface area contributed by atoms with Crippen molar-refractivity contribution >= 4 is 47.1 Å². The maximum absolute atomic E-state index is 12.7. The van der Waals surface area contributed by atoms with Crippen molar-refractivity contribution in [3.05, 3.63) is 0 Å². The van der Waals surface area contributed by atoms with Gasteiger partial charge in [-0.15, -0.1) is 0 Å². The first-order valence-electron chi connectivity index (χ1n) is 9.28. The molecule has 34 heavy (non-hydrogen) atoms. The molecule has 0 aromatic carbocycles. The molecule has 0 bridgehead atoms. The van der Waals surface area contributed by atoms with E-state index in [-0.39, 0.29) is 26.5 Å². The predicted octanol–water partition coefficient (Wildman–Crippen LogP) is -1.64. The van der Waals surface area contributed by atoms with Crippen molar-refractivity contribution in [3.63, 3.8) is 0 Å². The van der Waals surface area contributed by atoms with Crippen LogP contribution < -0.4 is 0 Å². The van der Waals surface area contributed by atoms with Crippen LogP contribution in [0, 0.1) is 0 Å². The SMILES string of the molecule is C[N+]1(CCCCS(=O)(=O)O)CC[N+](C)(CCCCS(=O)(=O)O)C1=O.O=S(=O)([O-])O.O=S(=O)([O-])O. The number of hydrogen-bond donors (Lipinski definition) is 4. The highest BCUT2D eigenvalue weighted by molar-refractivity contribution is 7.86. The van der Waals surface area contributed by atoms with Crippen LogP contribution in [0.15, 0.2) is 0 Å². The van der Waals surface area contributed by atoms with Gasteiger partial charge in [-0.2, -0.15) is 21.6 Å². The molecule has 1 rings (SSSR count). The van der Waals surface area contributed by atoms with E-state index in [9.17, 15) is 21.6 Å². The zero-order valence-electron chi connectivity index (χ0n) is 18.4. The van der Waals surface area contributed by atoms with E-state index in [0.717, 1.165) is 0 Å². The van der Waals surface area contributed by atoms with Crippen LogP contribution in [0.4, 0.5) is 4.79 Å². The number of carbonyl (C=O) groups excluding carboxylic acids is 1. The van der Waals surface area contributed by atoms with E-state index in [1.807, 2.05) is 14.1 Å². The minimum absolute atomic E-state index is 0.0220. The molecule has 2 unspecified atom stereocenters. The number of urea groups is 1. The standard InChI is InChI=1S/C13H26N2O7S2.2H2O4S/c1-14(7-3-5-11-23(17,18)19)9-10-15(2,13(14)16)8-4-6-12-24(20,21)22;2*1-5(2,3)4/h3-12H2,1-2H3;2*(H2,1,2,3,4). The zero-order chi connectivity index (χ0) is 27.6. The quantitative estimate of drug-likeness (QED) is 0.0972. The lowest BCUT2D eigenvalue weighted by Gasteiger charge is -2.27. The number of amides is 2. The van der Waals surface area contributed by atoms with Crippen molar-refractivity contribution in [1.82, 2.24) is 0 Å². The van der Waals surface area contributed by atoms with Crippen LogP contribution in [0.5, 0.6) is 0 Å². The van der Waals surface area contributed by atoms with Gasteiger partial charge in [-0.1, -0.05) is 0 Å². The number of rotatable bonds is 10. The summed E-state index contributed by atoms with van der Waals surface area (Å²) in [6, 6.07) is 0.0220. The first-order valence-corrected chi connectivity index (χ1v) is 15.2. The molecule has 1 fully saturated rings. The largest absolute Gasteiger partial charge is 0.726 e. The normalized spacial score (nSPS) is 23.5. The van der Waals surface area contributed by atoms with E-state index < -0.39 is 41.0 Å². The Kier molecular flexibility index (Phi) is 14.0. The topological polar surface area (TPSA) is 281 Å². The third-order valence-electron chi connectivity index (χ3n) is 4.62. The lowest BCUT2D eigenvalue weighted by Crippen LogP contribution is -2.54. The number of likely N-dealkylation sites (N-methyl/N-ethyl adjacent to an activating group) is 2. The Bertz CT molecular complexity index is 983. The van der Waals surface area contributed by atoms with Gasteiger partial charge in [-0.05, 0) is 25.7 Å². The lowest BCUT2D eigenvalue weighted by molar-refractivity contribution is -0.892. The summed E-state index contributed by atoms with van der Waals surface area (Å²) in [5.41, 5.74) is 0. The molecule has 0 aromatic rings.